The molecule has 0 aromatic heterocycles. The van der Waals surface area contributed by atoms with Gasteiger partial charge in [0, 0.05) is 12.5 Å². The molecular formula is C12H22N2OS. The van der Waals surface area contributed by atoms with Crippen LogP contribution in [0.3, 0.4) is 0 Å². The number of hydrogen-bond donors (Lipinski definition) is 1. The molecular weight excluding hydrogens is 220 g/mol. The first kappa shape index (κ1) is 13.4. The summed E-state index contributed by atoms with van der Waals surface area (Å²) in [4.78, 5) is 14.7. The SMILES string of the molecule is CCC(CC)C(=O)N1CCCCC1C(N)=S. The number of nitrogens with two attached hydrogens (primary N) is 1. The number of piperidine rings is 1. The van der Waals surface area contributed by atoms with Gasteiger partial charge in [0.2, 0.25) is 5.91 Å². The van der Waals surface area contributed by atoms with Crippen LogP contribution in [0, 0.1) is 5.92 Å². The molecule has 3 nitrogen and oxygen atoms in total. The van der Waals surface area contributed by atoms with Gasteiger partial charge in [0.05, 0.1) is 11.0 Å². The predicted octanol–water partition coefficient (Wildman–Crippen LogP) is 2.09. The highest BCUT2D eigenvalue weighted by Gasteiger charge is 2.31. The molecule has 0 saturated carbocycles. The van der Waals surface area contributed by atoms with Crippen molar-refractivity contribution < 1.29 is 4.79 Å². The van der Waals surface area contributed by atoms with E-state index < -0.39 is 0 Å². The number of carbonyl (C=O) groups excluding carboxylic acids is 1. The lowest BCUT2D eigenvalue weighted by molar-refractivity contribution is -0.137. The summed E-state index contributed by atoms with van der Waals surface area (Å²) in [6.45, 7) is 4.94. The van der Waals surface area contributed by atoms with E-state index in [0.29, 0.717) is 4.99 Å². The average molecular weight is 242 g/mol. The molecule has 1 unspecified atom stereocenters. The summed E-state index contributed by atoms with van der Waals surface area (Å²) < 4.78 is 0. The fourth-order valence-corrected chi connectivity index (χ4v) is 2.61. The minimum Gasteiger partial charge on any atom is -0.392 e. The number of amides is 1. The third-order valence-electron chi connectivity index (χ3n) is 3.45. The van der Waals surface area contributed by atoms with Crippen LogP contribution in [0.4, 0.5) is 0 Å². The van der Waals surface area contributed by atoms with E-state index in [-0.39, 0.29) is 17.9 Å². The van der Waals surface area contributed by atoms with Crippen molar-refractivity contribution in [1.82, 2.24) is 4.90 Å². The lowest BCUT2D eigenvalue weighted by atomic mass is 9.96. The molecule has 1 atom stereocenters. The predicted molar refractivity (Wildman–Crippen MR) is 70.2 cm³/mol. The lowest BCUT2D eigenvalue weighted by Crippen LogP contribution is -2.51. The van der Waals surface area contributed by atoms with Crippen molar-refractivity contribution in [2.45, 2.75) is 52.0 Å². The zero-order chi connectivity index (χ0) is 12.1. The molecule has 1 fully saturated rings. The van der Waals surface area contributed by atoms with Crippen LogP contribution in [-0.2, 0) is 4.79 Å². The number of thiocarbonyl (C=S) groups is 1. The van der Waals surface area contributed by atoms with Crippen molar-refractivity contribution in [1.29, 1.82) is 0 Å². The Morgan fingerprint density at radius 2 is 2.06 bits per heavy atom. The Labute approximate surface area is 103 Å². The first-order valence-corrected chi connectivity index (χ1v) is 6.62. The normalized spacial score (nSPS) is 21.2. The Balaban J connectivity index is 2.74. The van der Waals surface area contributed by atoms with E-state index in [1.54, 1.807) is 0 Å². The topological polar surface area (TPSA) is 46.3 Å². The molecule has 2 N–H and O–H groups in total. The zero-order valence-corrected chi connectivity index (χ0v) is 11.1. The highest BCUT2D eigenvalue weighted by molar-refractivity contribution is 7.80. The van der Waals surface area contributed by atoms with Crippen molar-refractivity contribution in [2.75, 3.05) is 6.54 Å². The number of hydrogen-bond acceptors (Lipinski definition) is 2. The molecule has 1 heterocycles. The second-order valence-corrected chi connectivity index (χ2v) is 4.93. The molecule has 0 spiro atoms. The van der Waals surface area contributed by atoms with E-state index in [2.05, 4.69) is 13.8 Å². The summed E-state index contributed by atoms with van der Waals surface area (Å²) in [5.74, 6) is 0.373. The first-order valence-electron chi connectivity index (χ1n) is 6.21. The fourth-order valence-electron chi connectivity index (χ4n) is 2.36. The Hall–Kier alpha value is -0.640. The summed E-state index contributed by atoms with van der Waals surface area (Å²) >= 11 is 5.05. The number of rotatable bonds is 4. The van der Waals surface area contributed by atoms with Gasteiger partial charge in [-0.05, 0) is 32.1 Å². The van der Waals surface area contributed by atoms with Crippen LogP contribution < -0.4 is 5.73 Å². The Bertz CT molecular complexity index is 264. The van der Waals surface area contributed by atoms with E-state index in [4.69, 9.17) is 18.0 Å². The second kappa shape index (κ2) is 6.18. The van der Waals surface area contributed by atoms with Crippen molar-refractivity contribution in [3.05, 3.63) is 0 Å². The Kier molecular flexibility index (Phi) is 5.19. The summed E-state index contributed by atoms with van der Waals surface area (Å²) in [5, 5.41) is 0. The van der Waals surface area contributed by atoms with Gasteiger partial charge in [-0.1, -0.05) is 26.1 Å². The van der Waals surface area contributed by atoms with Crippen molar-refractivity contribution in [3.8, 4) is 0 Å². The van der Waals surface area contributed by atoms with Gasteiger partial charge in [-0.3, -0.25) is 4.79 Å². The molecule has 0 bridgehead atoms. The summed E-state index contributed by atoms with van der Waals surface area (Å²) in [7, 11) is 0. The maximum absolute atomic E-state index is 12.3. The zero-order valence-electron chi connectivity index (χ0n) is 10.2. The molecule has 16 heavy (non-hydrogen) atoms. The number of carbonyl (C=O) groups is 1. The van der Waals surface area contributed by atoms with Crippen LogP contribution >= 0.6 is 12.2 Å². The van der Waals surface area contributed by atoms with Crippen LogP contribution in [-0.4, -0.2) is 28.4 Å². The fraction of sp³-hybridized carbons (Fsp3) is 0.833. The summed E-state index contributed by atoms with van der Waals surface area (Å²) in [6.07, 6.45) is 4.92. The number of likely N-dealkylation sites (tertiary alicyclic amines) is 1. The quantitative estimate of drug-likeness (QED) is 0.768. The molecule has 0 aromatic carbocycles. The molecule has 1 aliphatic heterocycles. The number of nitrogens with zero attached hydrogens (tertiary/aromatic N) is 1. The van der Waals surface area contributed by atoms with Gasteiger partial charge in [-0.15, -0.1) is 0 Å². The molecule has 0 radical (unpaired) electrons. The average Bonchev–Trinajstić information content (AvgIpc) is 2.30. The second-order valence-electron chi connectivity index (χ2n) is 4.46. The molecule has 0 aliphatic carbocycles. The van der Waals surface area contributed by atoms with Crippen LogP contribution in [0.2, 0.25) is 0 Å². The van der Waals surface area contributed by atoms with Gasteiger partial charge >= 0.3 is 0 Å². The van der Waals surface area contributed by atoms with Crippen LogP contribution in [0.5, 0.6) is 0 Å². The van der Waals surface area contributed by atoms with Crippen LogP contribution in [0.1, 0.15) is 46.0 Å². The van der Waals surface area contributed by atoms with E-state index in [1.165, 1.54) is 0 Å². The van der Waals surface area contributed by atoms with E-state index in [9.17, 15) is 4.79 Å². The van der Waals surface area contributed by atoms with Crippen molar-refractivity contribution >= 4 is 23.1 Å². The van der Waals surface area contributed by atoms with Gasteiger partial charge in [-0.2, -0.15) is 0 Å². The maximum atomic E-state index is 12.3. The van der Waals surface area contributed by atoms with Gasteiger partial charge in [0.1, 0.15) is 0 Å². The summed E-state index contributed by atoms with van der Waals surface area (Å²) in [6, 6.07) is -0.00292. The van der Waals surface area contributed by atoms with Gasteiger partial charge in [0.25, 0.3) is 0 Å². The Morgan fingerprint density at radius 3 is 2.56 bits per heavy atom. The van der Waals surface area contributed by atoms with Gasteiger partial charge < -0.3 is 10.6 Å². The third-order valence-corrected chi connectivity index (χ3v) is 3.72. The van der Waals surface area contributed by atoms with E-state index in [0.717, 1.165) is 38.6 Å². The molecule has 1 amide bonds. The monoisotopic (exact) mass is 242 g/mol. The molecule has 0 aromatic rings. The minimum absolute atomic E-state index is 0.00292. The largest absolute Gasteiger partial charge is 0.392 e. The molecule has 1 rings (SSSR count). The van der Waals surface area contributed by atoms with E-state index in [1.807, 2.05) is 4.90 Å². The third kappa shape index (κ3) is 2.94. The van der Waals surface area contributed by atoms with Gasteiger partial charge in [-0.25, -0.2) is 0 Å². The van der Waals surface area contributed by atoms with Gasteiger partial charge in [0.15, 0.2) is 0 Å². The molecule has 4 heteroatoms. The molecule has 92 valence electrons. The molecule has 1 aliphatic rings. The van der Waals surface area contributed by atoms with Crippen LogP contribution in [0.25, 0.3) is 0 Å². The Morgan fingerprint density at radius 1 is 1.44 bits per heavy atom. The first-order chi connectivity index (χ1) is 7.61. The highest BCUT2D eigenvalue weighted by atomic mass is 32.1. The van der Waals surface area contributed by atoms with Crippen molar-refractivity contribution in [3.63, 3.8) is 0 Å². The minimum atomic E-state index is -0.00292. The highest BCUT2D eigenvalue weighted by Crippen LogP contribution is 2.22. The van der Waals surface area contributed by atoms with E-state index >= 15 is 0 Å². The van der Waals surface area contributed by atoms with Crippen molar-refractivity contribution in [2.24, 2.45) is 11.7 Å². The standard InChI is InChI=1S/C12H22N2OS/c1-3-9(4-2)12(15)14-8-6-5-7-10(14)11(13)16/h9-10H,3-8H2,1-2H3,(H2,13,16). The smallest absolute Gasteiger partial charge is 0.226 e. The summed E-state index contributed by atoms with van der Waals surface area (Å²) in [5.41, 5.74) is 5.72. The molecule has 1 saturated heterocycles. The maximum Gasteiger partial charge on any atom is 0.226 e. The lowest BCUT2D eigenvalue weighted by Gasteiger charge is -2.37. The van der Waals surface area contributed by atoms with Crippen LogP contribution in [0.15, 0.2) is 0 Å².